The monoisotopic (exact) mass is 474 g/mol. The maximum absolute atomic E-state index is 13.3. The van der Waals surface area contributed by atoms with E-state index in [2.05, 4.69) is 4.98 Å². The number of rotatable bonds is 7. The standard InChI is InChI=1S/C27H26N2O6/c1-16-12-19(33-2)8-9-20(16)25(30)23-24(18-7-10-21(34-3)22(13-18)35-4)29(27(32)26(23)31)15-17-6-5-11-28-14-17/h5-14,24,30H,15H2,1-4H3/t24-/m0/s1. The molecule has 180 valence electrons. The number of ketones is 1. The first-order chi connectivity index (χ1) is 16.9. The molecule has 0 bridgehead atoms. The number of carbonyl (C=O) groups is 2. The van der Waals surface area contributed by atoms with E-state index in [1.54, 1.807) is 68.9 Å². The Morgan fingerprint density at radius 2 is 1.77 bits per heavy atom. The molecule has 3 aromatic rings. The van der Waals surface area contributed by atoms with Crippen molar-refractivity contribution in [3.05, 3.63) is 88.8 Å². The molecule has 1 amide bonds. The number of carbonyl (C=O) groups excluding carboxylic acids is 2. The van der Waals surface area contributed by atoms with Crippen molar-refractivity contribution in [1.29, 1.82) is 0 Å². The molecular formula is C27H26N2O6. The van der Waals surface area contributed by atoms with Crippen LogP contribution in [0.3, 0.4) is 0 Å². The number of Topliss-reactive ketones (excluding diaryl/α,β-unsaturated/α-hetero) is 1. The van der Waals surface area contributed by atoms with Gasteiger partial charge in [0.2, 0.25) is 0 Å². The van der Waals surface area contributed by atoms with Crippen molar-refractivity contribution >= 4 is 17.4 Å². The molecule has 1 aliphatic heterocycles. The number of nitrogens with zero attached hydrogens (tertiary/aromatic N) is 2. The third-order valence-electron chi connectivity index (χ3n) is 6.03. The van der Waals surface area contributed by atoms with Crippen LogP contribution in [0.2, 0.25) is 0 Å². The highest BCUT2D eigenvalue weighted by Gasteiger charge is 2.46. The van der Waals surface area contributed by atoms with E-state index in [9.17, 15) is 14.7 Å². The van der Waals surface area contributed by atoms with Crippen molar-refractivity contribution in [2.75, 3.05) is 21.3 Å². The maximum atomic E-state index is 13.3. The molecule has 8 nitrogen and oxygen atoms in total. The summed E-state index contributed by atoms with van der Waals surface area (Å²) >= 11 is 0. The molecule has 35 heavy (non-hydrogen) atoms. The second-order valence-corrected chi connectivity index (χ2v) is 8.08. The van der Waals surface area contributed by atoms with Crippen LogP contribution < -0.4 is 14.2 Å². The Balaban J connectivity index is 1.91. The number of aryl methyl sites for hydroxylation is 1. The van der Waals surface area contributed by atoms with Crippen molar-refractivity contribution in [2.45, 2.75) is 19.5 Å². The van der Waals surface area contributed by atoms with Crippen LogP contribution in [-0.4, -0.2) is 48.0 Å². The van der Waals surface area contributed by atoms with Gasteiger partial charge in [-0.2, -0.15) is 0 Å². The summed E-state index contributed by atoms with van der Waals surface area (Å²) in [6, 6.07) is 13.0. The minimum absolute atomic E-state index is 0.000577. The predicted molar refractivity (Wildman–Crippen MR) is 129 cm³/mol. The van der Waals surface area contributed by atoms with Crippen LogP contribution >= 0.6 is 0 Å². The molecule has 2 aromatic carbocycles. The molecule has 1 fully saturated rings. The van der Waals surface area contributed by atoms with E-state index in [4.69, 9.17) is 14.2 Å². The normalized spacial score (nSPS) is 16.9. The summed E-state index contributed by atoms with van der Waals surface area (Å²) in [5.74, 6) is -0.156. The van der Waals surface area contributed by atoms with Crippen LogP contribution in [0.15, 0.2) is 66.5 Å². The lowest BCUT2D eigenvalue weighted by molar-refractivity contribution is -0.140. The number of amides is 1. The Kier molecular flexibility index (Phi) is 6.73. The fourth-order valence-electron chi connectivity index (χ4n) is 4.27. The van der Waals surface area contributed by atoms with Gasteiger partial charge in [0.25, 0.3) is 11.7 Å². The molecule has 1 N–H and O–H groups in total. The second kappa shape index (κ2) is 9.89. The lowest BCUT2D eigenvalue weighted by Crippen LogP contribution is -2.29. The number of likely N-dealkylation sites (tertiary alicyclic amines) is 1. The zero-order valence-electron chi connectivity index (χ0n) is 19.9. The van der Waals surface area contributed by atoms with Gasteiger partial charge in [-0.1, -0.05) is 12.1 Å². The van der Waals surface area contributed by atoms with E-state index < -0.39 is 17.7 Å². The lowest BCUT2D eigenvalue weighted by Gasteiger charge is -2.26. The summed E-state index contributed by atoms with van der Waals surface area (Å²) in [7, 11) is 4.59. The van der Waals surface area contributed by atoms with Crippen LogP contribution in [0.1, 0.15) is 28.3 Å². The molecule has 0 radical (unpaired) electrons. The van der Waals surface area contributed by atoms with E-state index in [1.807, 2.05) is 6.07 Å². The highest BCUT2D eigenvalue weighted by molar-refractivity contribution is 6.46. The molecule has 0 spiro atoms. The topological polar surface area (TPSA) is 98.2 Å². The number of ether oxygens (including phenoxy) is 3. The van der Waals surface area contributed by atoms with E-state index >= 15 is 0 Å². The van der Waals surface area contributed by atoms with Crippen LogP contribution in [0.4, 0.5) is 0 Å². The Labute approximate surface area is 203 Å². The van der Waals surface area contributed by atoms with Crippen molar-refractivity contribution in [1.82, 2.24) is 9.88 Å². The molecule has 1 aliphatic rings. The van der Waals surface area contributed by atoms with Crippen LogP contribution in [-0.2, 0) is 16.1 Å². The number of benzene rings is 2. The molecule has 2 heterocycles. The number of aromatic nitrogens is 1. The first-order valence-electron chi connectivity index (χ1n) is 10.9. The average molecular weight is 475 g/mol. The highest BCUT2D eigenvalue weighted by Crippen LogP contribution is 2.43. The molecule has 1 atom stereocenters. The average Bonchev–Trinajstić information content (AvgIpc) is 3.13. The predicted octanol–water partition coefficient (Wildman–Crippen LogP) is 4.04. The number of hydrogen-bond acceptors (Lipinski definition) is 7. The SMILES string of the molecule is COc1ccc(C(O)=C2C(=O)C(=O)N(Cc3cccnc3)[C@H]2c2ccc(OC)c(OC)c2)c(C)c1. The summed E-state index contributed by atoms with van der Waals surface area (Å²) in [6.07, 6.45) is 3.27. The van der Waals surface area contributed by atoms with Gasteiger partial charge in [-0.25, -0.2) is 0 Å². The summed E-state index contributed by atoms with van der Waals surface area (Å²) in [4.78, 5) is 32.1. The van der Waals surface area contributed by atoms with Crippen LogP contribution in [0.5, 0.6) is 17.2 Å². The highest BCUT2D eigenvalue weighted by atomic mass is 16.5. The van der Waals surface area contributed by atoms with Gasteiger partial charge in [0.05, 0.1) is 32.9 Å². The first-order valence-corrected chi connectivity index (χ1v) is 10.9. The van der Waals surface area contributed by atoms with Crippen molar-refractivity contribution in [2.24, 2.45) is 0 Å². The third kappa shape index (κ3) is 4.42. The summed E-state index contributed by atoms with van der Waals surface area (Å²) < 4.78 is 16.1. The van der Waals surface area contributed by atoms with Crippen molar-refractivity contribution in [3.63, 3.8) is 0 Å². The first kappa shape index (κ1) is 23.8. The quantitative estimate of drug-likeness (QED) is 0.314. The number of hydrogen-bond donors (Lipinski definition) is 1. The van der Waals surface area contributed by atoms with E-state index in [1.165, 1.54) is 19.1 Å². The van der Waals surface area contributed by atoms with Gasteiger partial charge in [-0.3, -0.25) is 14.6 Å². The van der Waals surface area contributed by atoms with Crippen LogP contribution in [0, 0.1) is 6.92 Å². The number of methoxy groups -OCH3 is 3. The zero-order valence-corrected chi connectivity index (χ0v) is 19.9. The van der Waals surface area contributed by atoms with Gasteiger partial charge in [0, 0.05) is 24.5 Å². The maximum Gasteiger partial charge on any atom is 0.295 e. The van der Waals surface area contributed by atoms with E-state index in [-0.39, 0.29) is 17.9 Å². The van der Waals surface area contributed by atoms with Gasteiger partial charge in [-0.15, -0.1) is 0 Å². The largest absolute Gasteiger partial charge is 0.507 e. The van der Waals surface area contributed by atoms with E-state index in [0.717, 1.165) is 5.56 Å². The van der Waals surface area contributed by atoms with Gasteiger partial charge in [0.1, 0.15) is 11.5 Å². The molecule has 0 unspecified atom stereocenters. The zero-order chi connectivity index (χ0) is 25.1. The minimum Gasteiger partial charge on any atom is -0.507 e. The molecule has 0 saturated carbocycles. The van der Waals surface area contributed by atoms with Crippen LogP contribution in [0.25, 0.3) is 5.76 Å². The van der Waals surface area contributed by atoms with Gasteiger partial charge in [-0.05, 0) is 60.0 Å². The molecule has 0 aliphatic carbocycles. The number of aliphatic hydroxyl groups excluding tert-OH is 1. The minimum atomic E-state index is -0.850. The van der Waals surface area contributed by atoms with E-state index in [0.29, 0.717) is 33.9 Å². The van der Waals surface area contributed by atoms with Crippen molar-refractivity contribution < 1.29 is 28.9 Å². The summed E-state index contributed by atoms with van der Waals surface area (Å²) in [6.45, 7) is 1.94. The summed E-state index contributed by atoms with van der Waals surface area (Å²) in [5.41, 5.74) is 2.49. The van der Waals surface area contributed by atoms with Gasteiger partial charge < -0.3 is 24.2 Å². The summed E-state index contributed by atoms with van der Waals surface area (Å²) in [5, 5.41) is 11.4. The molecule has 8 heteroatoms. The third-order valence-corrected chi connectivity index (χ3v) is 6.03. The van der Waals surface area contributed by atoms with Gasteiger partial charge >= 0.3 is 0 Å². The molecular weight excluding hydrogens is 448 g/mol. The van der Waals surface area contributed by atoms with Crippen molar-refractivity contribution in [3.8, 4) is 17.2 Å². The Morgan fingerprint density at radius 3 is 2.40 bits per heavy atom. The Hall–Kier alpha value is -4.33. The number of pyridine rings is 1. The second-order valence-electron chi connectivity index (χ2n) is 8.08. The Bertz CT molecular complexity index is 1300. The fraction of sp³-hybridized carbons (Fsp3) is 0.222. The number of aliphatic hydroxyl groups is 1. The lowest BCUT2D eigenvalue weighted by atomic mass is 9.93. The fourth-order valence-corrected chi connectivity index (χ4v) is 4.27. The smallest absolute Gasteiger partial charge is 0.295 e. The Morgan fingerprint density at radius 1 is 1.00 bits per heavy atom. The molecule has 1 aromatic heterocycles. The molecule has 4 rings (SSSR count). The molecule has 1 saturated heterocycles. The van der Waals surface area contributed by atoms with Gasteiger partial charge in [0.15, 0.2) is 11.5 Å².